The third kappa shape index (κ3) is 3.44. The molecule has 1 saturated heterocycles. The smallest absolute Gasteiger partial charge is 0.229 e. The Hall–Kier alpha value is -0.870. The maximum atomic E-state index is 14.4. The van der Waals surface area contributed by atoms with E-state index in [4.69, 9.17) is 0 Å². The number of fused-ring (bicyclic) bond motifs is 7. The van der Waals surface area contributed by atoms with E-state index in [0.717, 1.165) is 64.3 Å². The Morgan fingerprint density at radius 2 is 1.58 bits per heavy atom. The van der Waals surface area contributed by atoms with Gasteiger partial charge in [0.2, 0.25) is 5.91 Å². The first-order valence-corrected chi connectivity index (χ1v) is 16.0. The Morgan fingerprint density at radius 3 is 2.26 bits per heavy atom. The minimum Gasteiger partial charge on any atom is -0.393 e. The second kappa shape index (κ2) is 8.34. The predicted molar refractivity (Wildman–Crippen MR) is 152 cm³/mol. The molecule has 0 bridgehead atoms. The molecule has 0 radical (unpaired) electrons. The highest BCUT2D eigenvalue weighted by atomic mass is 16.3. The van der Waals surface area contributed by atoms with Crippen molar-refractivity contribution in [3.63, 3.8) is 0 Å². The van der Waals surface area contributed by atoms with Crippen LogP contribution in [-0.2, 0) is 4.79 Å². The van der Waals surface area contributed by atoms with Crippen molar-refractivity contribution in [2.24, 2.45) is 50.2 Å². The van der Waals surface area contributed by atoms with Gasteiger partial charge in [-0.2, -0.15) is 0 Å². The van der Waals surface area contributed by atoms with Crippen molar-refractivity contribution in [3.8, 4) is 0 Å². The van der Waals surface area contributed by atoms with E-state index in [1.807, 2.05) is 4.90 Å². The molecule has 4 heteroatoms. The maximum absolute atomic E-state index is 14.4. The van der Waals surface area contributed by atoms with Crippen LogP contribution in [0.25, 0.3) is 0 Å². The highest BCUT2D eigenvalue weighted by molar-refractivity contribution is 5.84. The molecule has 5 aliphatic carbocycles. The number of aliphatic hydroxyl groups is 2. The Morgan fingerprint density at radius 1 is 0.868 bits per heavy atom. The summed E-state index contributed by atoms with van der Waals surface area (Å²) in [5, 5.41) is 21.3. The van der Waals surface area contributed by atoms with Crippen LogP contribution in [0.3, 0.4) is 0 Å². The van der Waals surface area contributed by atoms with E-state index in [1.165, 1.54) is 12.8 Å². The van der Waals surface area contributed by atoms with Gasteiger partial charge in [0.15, 0.2) is 0 Å². The van der Waals surface area contributed by atoms with Crippen LogP contribution >= 0.6 is 0 Å². The van der Waals surface area contributed by atoms with Crippen molar-refractivity contribution < 1.29 is 15.0 Å². The summed E-state index contributed by atoms with van der Waals surface area (Å²) in [6.45, 7) is 18.5. The first kappa shape index (κ1) is 27.3. The highest BCUT2D eigenvalue weighted by Crippen LogP contribution is 2.75. The third-order valence-electron chi connectivity index (χ3n) is 14.5. The molecule has 0 spiro atoms. The molecule has 2 N–H and O–H groups in total. The summed E-state index contributed by atoms with van der Waals surface area (Å²) in [6, 6.07) is 0. The molecule has 0 aromatic rings. The van der Waals surface area contributed by atoms with Crippen LogP contribution < -0.4 is 0 Å². The average molecular weight is 526 g/mol. The molecule has 0 aromatic carbocycles. The monoisotopic (exact) mass is 525 g/mol. The fourth-order valence-electron chi connectivity index (χ4n) is 11.9. The van der Waals surface area contributed by atoms with E-state index in [1.54, 1.807) is 5.57 Å². The van der Waals surface area contributed by atoms with Gasteiger partial charge < -0.3 is 15.1 Å². The number of amides is 1. The lowest BCUT2D eigenvalue weighted by Gasteiger charge is -2.71. The van der Waals surface area contributed by atoms with Gasteiger partial charge in [-0.1, -0.05) is 60.1 Å². The quantitative estimate of drug-likeness (QED) is 0.373. The molecule has 1 amide bonds. The maximum Gasteiger partial charge on any atom is 0.229 e. The van der Waals surface area contributed by atoms with Gasteiger partial charge in [0, 0.05) is 13.1 Å². The van der Waals surface area contributed by atoms with E-state index in [-0.39, 0.29) is 44.7 Å². The van der Waals surface area contributed by atoms with E-state index >= 15 is 0 Å². The molecule has 4 nitrogen and oxygen atoms in total. The largest absolute Gasteiger partial charge is 0.393 e. The van der Waals surface area contributed by atoms with Crippen LogP contribution in [0, 0.1) is 50.2 Å². The molecular formula is C34H55NO3. The van der Waals surface area contributed by atoms with Crippen LogP contribution in [0.4, 0.5) is 0 Å². The Bertz CT molecular complexity index is 1030. The Labute approximate surface area is 232 Å². The Kier molecular flexibility index (Phi) is 5.99. The molecule has 4 saturated carbocycles. The van der Waals surface area contributed by atoms with E-state index in [9.17, 15) is 15.0 Å². The van der Waals surface area contributed by atoms with Crippen LogP contribution in [0.15, 0.2) is 11.6 Å². The number of allylic oxidation sites excluding steroid dienone is 2. The van der Waals surface area contributed by atoms with Gasteiger partial charge in [0.25, 0.3) is 0 Å². The molecule has 6 aliphatic rings. The predicted octanol–water partition coefficient (Wildman–Crippen LogP) is 6.74. The number of β-amino-alcohol motifs (C(OH)–C–C–N with tert-alkyl or cyclic N) is 1. The van der Waals surface area contributed by atoms with Gasteiger partial charge >= 0.3 is 0 Å². The fourth-order valence-corrected chi connectivity index (χ4v) is 11.9. The van der Waals surface area contributed by atoms with Gasteiger partial charge in [-0.3, -0.25) is 4.79 Å². The number of hydrogen-bond donors (Lipinski definition) is 2. The zero-order chi connectivity index (χ0) is 27.5. The molecule has 0 unspecified atom stereocenters. The highest BCUT2D eigenvalue weighted by Gasteiger charge is 2.69. The molecular weight excluding hydrogens is 470 g/mol. The summed E-state index contributed by atoms with van der Waals surface area (Å²) >= 11 is 0. The summed E-state index contributed by atoms with van der Waals surface area (Å²) in [6.07, 6.45) is 13.8. The van der Waals surface area contributed by atoms with E-state index < -0.39 is 0 Å². The van der Waals surface area contributed by atoms with Gasteiger partial charge in [0.05, 0.1) is 17.6 Å². The fraction of sp³-hybridized carbons (Fsp3) is 0.912. The van der Waals surface area contributed by atoms with Crippen molar-refractivity contribution >= 4 is 5.91 Å². The van der Waals surface area contributed by atoms with Gasteiger partial charge in [-0.15, -0.1) is 0 Å². The van der Waals surface area contributed by atoms with Crippen LogP contribution in [0.1, 0.15) is 119 Å². The average Bonchev–Trinajstić information content (AvgIpc) is 3.27. The molecule has 214 valence electrons. The standard InChI is InChI=1S/C34H55NO3/c1-29(2)15-17-34(28(38)35-19-12-22(36)21-35)18-16-32(6)23(24(34)20-29)8-9-26-31(5)13-11-27(37)30(3,4)25(31)10-14-33(26,32)7/h8,22,24-27,36-37H,9-21H2,1-7H3/t22-,24-,25-,26+,27-,31-,32+,33+,34-/m0/s1. The summed E-state index contributed by atoms with van der Waals surface area (Å²) in [7, 11) is 0. The van der Waals surface area contributed by atoms with Crippen LogP contribution in [-0.4, -0.2) is 46.3 Å². The number of carbonyl (C=O) groups is 1. The molecule has 5 fully saturated rings. The number of likely N-dealkylation sites (tertiary alicyclic amines) is 1. The number of nitrogens with zero attached hydrogens (tertiary/aromatic N) is 1. The SMILES string of the molecule is CC1(C)CC[C@]2(C(=O)N3CC[C@H](O)C3)CC[C@]3(C)C(=CC[C@@H]4[C@@]5(C)CC[C@H](O)C(C)(C)[C@@H]5CC[C@]43C)[C@@H]2C1. The lowest BCUT2D eigenvalue weighted by molar-refractivity contribution is -0.204. The van der Waals surface area contributed by atoms with Gasteiger partial charge in [-0.25, -0.2) is 0 Å². The zero-order valence-corrected chi connectivity index (χ0v) is 25.4. The number of aliphatic hydroxyl groups excluding tert-OH is 2. The zero-order valence-electron chi connectivity index (χ0n) is 25.4. The number of hydrogen-bond acceptors (Lipinski definition) is 3. The lowest BCUT2D eigenvalue weighted by atomic mass is 9.33. The van der Waals surface area contributed by atoms with Crippen molar-refractivity contribution in [3.05, 3.63) is 11.6 Å². The Balaban J connectivity index is 1.41. The van der Waals surface area contributed by atoms with Crippen LogP contribution in [0.2, 0.25) is 0 Å². The normalized spacial score (nSPS) is 51.2. The summed E-state index contributed by atoms with van der Waals surface area (Å²) in [4.78, 5) is 16.4. The first-order valence-electron chi connectivity index (χ1n) is 16.0. The summed E-state index contributed by atoms with van der Waals surface area (Å²) in [5.74, 6) is 1.87. The van der Waals surface area contributed by atoms with E-state index in [2.05, 4.69) is 54.5 Å². The van der Waals surface area contributed by atoms with Gasteiger partial charge in [0.1, 0.15) is 0 Å². The topological polar surface area (TPSA) is 60.8 Å². The molecule has 9 atom stereocenters. The summed E-state index contributed by atoms with van der Waals surface area (Å²) < 4.78 is 0. The van der Waals surface area contributed by atoms with Crippen molar-refractivity contribution in [2.75, 3.05) is 13.1 Å². The molecule has 0 aromatic heterocycles. The second-order valence-electron chi connectivity index (χ2n) is 16.9. The number of rotatable bonds is 1. The molecule has 1 aliphatic heterocycles. The number of carbonyl (C=O) groups excluding carboxylic acids is 1. The second-order valence-corrected chi connectivity index (χ2v) is 16.9. The molecule has 1 heterocycles. The summed E-state index contributed by atoms with van der Waals surface area (Å²) in [5.41, 5.74) is 2.16. The van der Waals surface area contributed by atoms with E-state index in [0.29, 0.717) is 30.2 Å². The van der Waals surface area contributed by atoms with Crippen molar-refractivity contribution in [1.29, 1.82) is 0 Å². The minimum atomic E-state index is -0.356. The molecule has 38 heavy (non-hydrogen) atoms. The third-order valence-corrected chi connectivity index (χ3v) is 14.5. The lowest BCUT2D eigenvalue weighted by Crippen LogP contribution is -2.65. The minimum absolute atomic E-state index is 0.0267. The van der Waals surface area contributed by atoms with Crippen molar-refractivity contribution in [1.82, 2.24) is 4.90 Å². The van der Waals surface area contributed by atoms with Crippen LogP contribution in [0.5, 0.6) is 0 Å². The first-order chi connectivity index (χ1) is 17.6. The van der Waals surface area contributed by atoms with Crippen molar-refractivity contribution in [2.45, 2.75) is 131 Å². The van der Waals surface area contributed by atoms with Gasteiger partial charge in [-0.05, 0) is 115 Å². The molecule has 6 rings (SSSR count).